The van der Waals surface area contributed by atoms with Gasteiger partial charge in [-0.15, -0.1) is 0 Å². The minimum absolute atomic E-state index is 0.0900. The summed E-state index contributed by atoms with van der Waals surface area (Å²) in [5.74, 6) is 0.566. The van der Waals surface area contributed by atoms with Crippen LogP contribution in [0.2, 0.25) is 5.02 Å². The molecule has 0 radical (unpaired) electrons. The number of carbonyl (C=O) groups excluding carboxylic acids is 1. The number of halogens is 1. The first-order valence-electron chi connectivity index (χ1n) is 9.59. The number of carbonyl (C=O) groups is 1. The summed E-state index contributed by atoms with van der Waals surface area (Å²) in [7, 11) is 0. The van der Waals surface area contributed by atoms with Crippen molar-refractivity contribution in [3.8, 4) is 11.5 Å². The number of nitrogens with one attached hydrogen (secondary N) is 1. The number of benzene rings is 3. The van der Waals surface area contributed by atoms with E-state index in [1.165, 1.54) is 0 Å². The fourth-order valence-corrected chi connectivity index (χ4v) is 3.98. The summed E-state index contributed by atoms with van der Waals surface area (Å²) in [6, 6.07) is 19.9. The molecule has 5 rings (SSSR count). The second-order valence-corrected chi connectivity index (χ2v) is 7.57. The van der Waals surface area contributed by atoms with Gasteiger partial charge in [0.25, 0.3) is 5.91 Å². The predicted octanol–water partition coefficient (Wildman–Crippen LogP) is 5.26. The molecule has 0 saturated heterocycles. The van der Waals surface area contributed by atoms with Crippen LogP contribution in [-0.4, -0.2) is 10.5 Å². The van der Waals surface area contributed by atoms with E-state index in [1.807, 2.05) is 47.0 Å². The van der Waals surface area contributed by atoms with Gasteiger partial charge in [-0.2, -0.15) is 0 Å². The number of nitrogens with zero attached hydrogens (tertiary/aromatic N) is 1. The summed E-state index contributed by atoms with van der Waals surface area (Å²) in [6.45, 7) is 0.746. The lowest BCUT2D eigenvalue weighted by Crippen LogP contribution is -2.23. The van der Waals surface area contributed by atoms with E-state index in [0.717, 1.165) is 24.0 Å². The zero-order valence-corrected chi connectivity index (χ0v) is 16.6. The first-order chi connectivity index (χ1) is 14.6. The van der Waals surface area contributed by atoms with Crippen molar-refractivity contribution in [1.29, 1.82) is 0 Å². The number of hydrogen-bond donors (Lipinski definition) is 1. The molecule has 4 aromatic rings. The van der Waals surface area contributed by atoms with Crippen molar-refractivity contribution in [2.75, 3.05) is 5.32 Å². The molecule has 0 bridgehead atoms. The number of para-hydroxylation sites is 2. The maximum atomic E-state index is 13.1. The van der Waals surface area contributed by atoms with E-state index in [-0.39, 0.29) is 11.0 Å². The van der Waals surface area contributed by atoms with Gasteiger partial charge in [-0.05, 0) is 48.4 Å². The molecule has 1 aliphatic heterocycles. The van der Waals surface area contributed by atoms with Crippen LogP contribution in [-0.2, 0) is 13.0 Å². The maximum Gasteiger partial charge on any atom is 0.261 e. The summed E-state index contributed by atoms with van der Waals surface area (Å²) in [4.78, 5) is 26.1. The first-order valence-corrected chi connectivity index (χ1v) is 9.97. The van der Waals surface area contributed by atoms with E-state index in [4.69, 9.17) is 16.3 Å². The SMILES string of the molecule is O=C(Nc1cc(Cl)ccc1Oc1ccccc1)c1cn2c3c(cccc3c1=O)CC2. The van der Waals surface area contributed by atoms with E-state index in [9.17, 15) is 9.59 Å². The van der Waals surface area contributed by atoms with Crippen molar-refractivity contribution in [3.63, 3.8) is 0 Å². The highest BCUT2D eigenvalue weighted by atomic mass is 35.5. The van der Waals surface area contributed by atoms with Gasteiger partial charge in [-0.1, -0.05) is 41.9 Å². The van der Waals surface area contributed by atoms with E-state index in [1.54, 1.807) is 30.5 Å². The fraction of sp³-hybridized carbons (Fsp3) is 0.0833. The van der Waals surface area contributed by atoms with Crippen LogP contribution >= 0.6 is 11.6 Å². The van der Waals surface area contributed by atoms with Gasteiger partial charge in [0.2, 0.25) is 5.43 Å². The van der Waals surface area contributed by atoms with E-state index in [2.05, 4.69) is 5.32 Å². The van der Waals surface area contributed by atoms with Crippen molar-refractivity contribution < 1.29 is 9.53 Å². The van der Waals surface area contributed by atoms with Gasteiger partial charge in [0.1, 0.15) is 11.3 Å². The molecule has 1 amide bonds. The number of ether oxygens (including phenoxy) is 1. The van der Waals surface area contributed by atoms with E-state index in [0.29, 0.717) is 27.6 Å². The molecular weight excluding hydrogens is 400 g/mol. The number of amides is 1. The van der Waals surface area contributed by atoms with E-state index >= 15 is 0 Å². The standard InChI is InChI=1S/C24H17ClN2O3/c25-16-9-10-21(30-17-6-2-1-3-7-17)20(13-16)26-24(29)19-14-27-12-11-15-5-4-8-18(22(15)27)23(19)28/h1-10,13-14H,11-12H2,(H,26,29). The monoisotopic (exact) mass is 416 g/mol. The third-order valence-corrected chi connectivity index (χ3v) is 5.44. The fourth-order valence-electron chi connectivity index (χ4n) is 3.81. The molecule has 0 atom stereocenters. The Labute approximate surface area is 177 Å². The molecule has 1 aromatic heterocycles. The minimum atomic E-state index is -0.497. The average molecular weight is 417 g/mol. The third kappa shape index (κ3) is 3.23. The number of aryl methyl sites for hydroxylation is 2. The van der Waals surface area contributed by atoms with Gasteiger partial charge >= 0.3 is 0 Å². The molecule has 148 valence electrons. The van der Waals surface area contributed by atoms with Crippen LogP contribution < -0.4 is 15.5 Å². The summed E-state index contributed by atoms with van der Waals surface area (Å²) in [6.07, 6.45) is 2.49. The Kier molecular flexibility index (Phi) is 4.52. The van der Waals surface area contributed by atoms with Gasteiger partial charge < -0.3 is 14.6 Å². The third-order valence-electron chi connectivity index (χ3n) is 5.21. The molecule has 2 heterocycles. The molecule has 1 aliphatic rings. The van der Waals surface area contributed by atoms with Gasteiger partial charge in [0.15, 0.2) is 5.75 Å². The Hall–Kier alpha value is -3.57. The van der Waals surface area contributed by atoms with Crippen LogP contribution in [0.5, 0.6) is 11.5 Å². The predicted molar refractivity (Wildman–Crippen MR) is 118 cm³/mol. The van der Waals surface area contributed by atoms with Crippen LogP contribution in [0.25, 0.3) is 10.9 Å². The van der Waals surface area contributed by atoms with Gasteiger partial charge in [0, 0.05) is 23.2 Å². The van der Waals surface area contributed by atoms with Crippen molar-refractivity contribution in [2.45, 2.75) is 13.0 Å². The molecule has 30 heavy (non-hydrogen) atoms. The van der Waals surface area contributed by atoms with Gasteiger partial charge in [-0.25, -0.2) is 0 Å². The molecule has 1 N–H and O–H groups in total. The molecule has 0 spiro atoms. The van der Waals surface area contributed by atoms with Crippen LogP contribution in [0.15, 0.2) is 77.7 Å². The first kappa shape index (κ1) is 18.5. The Bertz CT molecular complexity index is 1350. The van der Waals surface area contributed by atoms with Crippen LogP contribution in [0.3, 0.4) is 0 Å². The highest BCUT2D eigenvalue weighted by Gasteiger charge is 2.21. The topological polar surface area (TPSA) is 60.3 Å². The van der Waals surface area contributed by atoms with Crippen molar-refractivity contribution in [1.82, 2.24) is 4.57 Å². The molecule has 3 aromatic carbocycles. The molecule has 0 unspecified atom stereocenters. The lowest BCUT2D eigenvalue weighted by Gasteiger charge is -2.13. The summed E-state index contributed by atoms with van der Waals surface area (Å²) in [5, 5.41) is 3.81. The number of pyridine rings is 1. The zero-order chi connectivity index (χ0) is 20.7. The van der Waals surface area contributed by atoms with Crippen molar-refractivity contribution in [2.24, 2.45) is 0 Å². The maximum absolute atomic E-state index is 13.1. The number of aromatic nitrogens is 1. The number of rotatable bonds is 4. The van der Waals surface area contributed by atoms with Crippen molar-refractivity contribution in [3.05, 3.63) is 99.3 Å². The quantitative estimate of drug-likeness (QED) is 0.494. The lowest BCUT2D eigenvalue weighted by atomic mass is 10.1. The summed E-state index contributed by atoms with van der Waals surface area (Å²) >= 11 is 6.14. The highest BCUT2D eigenvalue weighted by Crippen LogP contribution is 2.32. The molecular formula is C24H17ClN2O3. The molecule has 0 aliphatic carbocycles. The Morgan fingerprint density at radius 3 is 2.70 bits per heavy atom. The number of hydrogen-bond acceptors (Lipinski definition) is 3. The van der Waals surface area contributed by atoms with Gasteiger partial charge in [0.05, 0.1) is 11.2 Å². The summed E-state index contributed by atoms with van der Waals surface area (Å²) < 4.78 is 7.87. The van der Waals surface area contributed by atoms with Crippen LogP contribution in [0.1, 0.15) is 15.9 Å². The zero-order valence-electron chi connectivity index (χ0n) is 15.9. The average Bonchev–Trinajstić information content (AvgIpc) is 3.17. The van der Waals surface area contributed by atoms with Gasteiger partial charge in [-0.3, -0.25) is 9.59 Å². The molecule has 0 fully saturated rings. The Balaban J connectivity index is 1.52. The molecule has 5 nitrogen and oxygen atoms in total. The van der Waals surface area contributed by atoms with Crippen LogP contribution in [0.4, 0.5) is 5.69 Å². The smallest absolute Gasteiger partial charge is 0.261 e. The normalized spacial score (nSPS) is 12.2. The van der Waals surface area contributed by atoms with Crippen LogP contribution in [0, 0.1) is 0 Å². The lowest BCUT2D eigenvalue weighted by molar-refractivity contribution is 0.102. The van der Waals surface area contributed by atoms with E-state index < -0.39 is 5.91 Å². The largest absolute Gasteiger partial charge is 0.455 e. The second kappa shape index (κ2) is 7.35. The van der Waals surface area contributed by atoms with Crippen molar-refractivity contribution >= 4 is 34.1 Å². The summed E-state index contributed by atoms with van der Waals surface area (Å²) in [5.41, 5.74) is 2.24. The highest BCUT2D eigenvalue weighted by molar-refractivity contribution is 6.31. The Morgan fingerprint density at radius 2 is 1.87 bits per heavy atom. The molecule has 0 saturated carbocycles. The second-order valence-electron chi connectivity index (χ2n) is 7.14. The molecule has 6 heteroatoms. The Morgan fingerprint density at radius 1 is 1.03 bits per heavy atom. The number of anilines is 1. The minimum Gasteiger partial charge on any atom is -0.455 e.